The second-order valence-electron chi connectivity index (χ2n) is 7.88. The molecule has 0 saturated carbocycles. The van der Waals surface area contributed by atoms with Crippen molar-refractivity contribution in [3.63, 3.8) is 0 Å². The number of carbonyl (C=O) groups is 1. The van der Waals surface area contributed by atoms with E-state index in [2.05, 4.69) is 50.1 Å². The summed E-state index contributed by atoms with van der Waals surface area (Å²) in [6.07, 6.45) is 3.08. The van der Waals surface area contributed by atoms with Crippen molar-refractivity contribution in [3.8, 4) is 0 Å². The first-order valence-electron chi connectivity index (χ1n) is 10.4. The average Bonchev–Trinajstić information content (AvgIpc) is 3.25. The van der Waals surface area contributed by atoms with Gasteiger partial charge in [0.25, 0.3) is 5.91 Å². The van der Waals surface area contributed by atoms with Gasteiger partial charge < -0.3 is 21.1 Å². The van der Waals surface area contributed by atoms with Gasteiger partial charge in [-0.25, -0.2) is 4.98 Å². The van der Waals surface area contributed by atoms with Crippen molar-refractivity contribution in [1.82, 2.24) is 20.5 Å². The molecule has 1 saturated heterocycles. The monoisotopic (exact) mass is 395 g/mol. The second-order valence-corrected chi connectivity index (χ2v) is 7.88. The SMILES string of the molecule is O=C(NCC(O)CN1CCc2ccccc2C1)c1ccnc(NC2CCNC2)c1. The molecule has 4 rings (SSSR count). The maximum atomic E-state index is 12.5. The van der Waals surface area contributed by atoms with Gasteiger partial charge in [-0.1, -0.05) is 24.3 Å². The zero-order valence-electron chi connectivity index (χ0n) is 16.6. The zero-order valence-corrected chi connectivity index (χ0v) is 16.6. The first-order chi connectivity index (χ1) is 14.2. The lowest BCUT2D eigenvalue weighted by molar-refractivity contribution is 0.0842. The molecule has 7 nitrogen and oxygen atoms in total. The number of hydrogen-bond acceptors (Lipinski definition) is 6. The largest absolute Gasteiger partial charge is 0.390 e. The number of nitrogens with one attached hydrogen (secondary N) is 3. The van der Waals surface area contributed by atoms with E-state index in [0.29, 0.717) is 24.0 Å². The van der Waals surface area contributed by atoms with Crippen molar-refractivity contribution in [3.05, 3.63) is 59.3 Å². The summed E-state index contributed by atoms with van der Waals surface area (Å²) in [6, 6.07) is 12.3. The highest BCUT2D eigenvalue weighted by Crippen LogP contribution is 2.18. The normalized spacial score (nSPS) is 20.1. The number of aliphatic hydroxyl groups excluding tert-OH is 1. The summed E-state index contributed by atoms with van der Waals surface area (Å²) in [5.41, 5.74) is 3.26. The number of nitrogens with zero attached hydrogens (tertiary/aromatic N) is 2. The van der Waals surface area contributed by atoms with Crippen molar-refractivity contribution >= 4 is 11.7 Å². The average molecular weight is 396 g/mol. The van der Waals surface area contributed by atoms with Gasteiger partial charge in [-0.05, 0) is 42.6 Å². The van der Waals surface area contributed by atoms with Gasteiger partial charge in [-0.2, -0.15) is 0 Å². The van der Waals surface area contributed by atoms with Crippen LogP contribution in [0, 0.1) is 0 Å². The molecule has 0 radical (unpaired) electrons. The Morgan fingerprint density at radius 1 is 1.31 bits per heavy atom. The first-order valence-corrected chi connectivity index (χ1v) is 10.4. The molecule has 0 aliphatic carbocycles. The molecule has 1 fully saturated rings. The maximum Gasteiger partial charge on any atom is 0.251 e. The van der Waals surface area contributed by atoms with Crippen LogP contribution in [0.15, 0.2) is 42.6 Å². The number of carbonyl (C=O) groups excluding carboxylic acids is 1. The molecule has 3 heterocycles. The summed E-state index contributed by atoms with van der Waals surface area (Å²) in [5.74, 6) is 0.516. The minimum atomic E-state index is -0.604. The molecule has 4 N–H and O–H groups in total. The van der Waals surface area contributed by atoms with Crippen LogP contribution in [0.1, 0.15) is 27.9 Å². The lowest BCUT2D eigenvalue weighted by Crippen LogP contribution is -2.42. The number of pyridine rings is 1. The third kappa shape index (κ3) is 5.32. The molecule has 0 spiro atoms. The first kappa shape index (κ1) is 19.8. The molecule has 2 atom stereocenters. The Balaban J connectivity index is 1.25. The molecule has 7 heteroatoms. The van der Waals surface area contributed by atoms with Crippen LogP contribution >= 0.6 is 0 Å². The van der Waals surface area contributed by atoms with E-state index in [0.717, 1.165) is 39.0 Å². The van der Waals surface area contributed by atoms with E-state index in [1.54, 1.807) is 18.3 Å². The van der Waals surface area contributed by atoms with Crippen molar-refractivity contribution < 1.29 is 9.90 Å². The van der Waals surface area contributed by atoms with Crippen molar-refractivity contribution in [1.29, 1.82) is 0 Å². The molecule has 2 aliphatic heterocycles. The number of fused-ring (bicyclic) bond motifs is 1. The van der Waals surface area contributed by atoms with Gasteiger partial charge in [0.1, 0.15) is 5.82 Å². The molecule has 154 valence electrons. The summed E-state index contributed by atoms with van der Waals surface area (Å²) in [6.45, 7) is 4.46. The number of rotatable bonds is 7. The van der Waals surface area contributed by atoms with Crippen LogP contribution in [-0.2, 0) is 13.0 Å². The lowest BCUT2D eigenvalue weighted by atomic mass is 10.00. The van der Waals surface area contributed by atoms with Gasteiger partial charge >= 0.3 is 0 Å². The van der Waals surface area contributed by atoms with Crippen LogP contribution in [0.3, 0.4) is 0 Å². The molecule has 1 aromatic heterocycles. The fraction of sp³-hybridized carbons (Fsp3) is 0.455. The molecule has 1 amide bonds. The van der Waals surface area contributed by atoms with Crippen LogP contribution in [0.5, 0.6) is 0 Å². The quantitative estimate of drug-likeness (QED) is 0.560. The number of aliphatic hydroxyl groups is 1. The van der Waals surface area contributed by atoms with E-state index in [1.807, 2.05) is 0 Å². The van der Waals surface area contributed by atoms with Gasteiger partial charge in [0, 0.05) is 50.5 Å². The Morgan fingerprint density at radius 2 is 2.17 bits per heavy atom. The summed E-state index contributed by atoms with van der Waals surface area (Å²) >= 11 is 0. The van der Waals surface area contributed by atoms with Crippen LogP contribution in [0.2, 0.25) is 0 Å². The van der Waals surface area contributed by atoms with Crippen LogP contribution < -0.4 is 16.0 Å². The number of anilines is 1. The fourth-order valence-electron chi connectivity index (χ4n) is 4.02. The third-order valence-corrected chi connectivity index (χ3v) is 5.61. The van der Waals surface area contributed by atoms with E-state index in [-0.39, 0.29) is 12.5 Å². The Labute approximate surface area is 171 Å². The molecule has 2 aromatic rings. The number of amides is 1. The fourth-order valence-corrected chi connectivity index (χ4v) is 4.02. The van der Waals surface area contributed by atoms with Gasteiger partial charge in [-0.15, -0.1) is 0 Å². The number of hydrogen-bond donors (Lipinski definition) is 4. The molecule has 29 heavy (non-hydrogen) atoms. The van der Waals surface area contributed by atoms with E-state index in [9.17, 15) is 9.90 Å². The number of aromatic nitrogens is 1. The van der Waals surface area contributed by atoms with Crippen LogP contribution in [0.25, 0.3) is 0 Å². The Morgan fingerprint density at radius 3 is 3.00 bits per heavy atom. The molecule has 2 aliphatic rings. The maximum absolute atomic E-state index is 12.5. The predicted octanol–water partition coefficient (Wildman–Crippen LogP) is 1.00. The molecule has 0 bridgehead atoms. The van der Waals surface area contributed by atoms with E-state index in [1.165, 1.54) is 11.1 Å². The molecule has 1 aromatic carbocycles. The van der Waals surface area contributed by atoms with E-state index < -0.39 is 6.10 Å². The van der Waals surface area contributed by atoms with Gasteiger partial charge in [0.05, 0.1) is 6.10 Å². The Kier molecular flexibility index (Phi) is 6.39. The minimum absolute atomic E-state index is 0.192. The summed E-state index contributed by atoms with van der Waals surface area (Å²) in [4.78, 5) is 19.0. The summed E-state index contributed by atoms with van der Waals surface area (Å²) in [5, 5.41) is 19.9. The summed E-state index contributed by atoms with van der Waals surface area (Å²) in [7, 11) is 0. The standard InChI is InChI=1S/C22H29N5O2/c28-20(15-27-10-7-16-3-1-2-4-18(16)14-27)13-25-22(29)17-5-9-24-21(11-17)26-19-6-8-23-12-19/h1-5,9,11,19-20,23,28H,6-8,10,12-15H2,(H,24,26)(H,25,29). The van der Waals surface area contributed by atoms with E-state index in [4.69, 9.17) is 0 Å². The highest BCUT2D eigenvalue weighted by atomic mass is 16.3. The number of benzene rings is 1. The van der Waals surface area contributed by atoms with Crippen molar-refractivity contribution in [2.75, 3.05) is 38.0 Å². The van der Waals surface area contributed by atoms with Crippen LogP contribution in [0.4, 0.5) is 5.82 Å². The van der Waals surface area contributed by atoms with E-state index >= 15 is 0 Å². The van der Waals surface area contributed by atoms with Crippen LogP contribution in [-0.4, -0.2) is 65.8 Å². The highest BCUT2D eigenvalue weighted by Gasteiger charge is 2.19. The minimum Gasteiger partial charge on any atom is -0.390 e. The van der Waals surface area contributed by atoms with Crippen molar-refractivity contribution in [2.45, 2.75) is 31.5 Å². The summed E-state index contributed by atoms with van der Waals surface area (Å²) < 4.78 is 0. The Bertz CT molecular complexity index is 837. The van der Waals surface area contributed by atoms with Gasteiger partial charge in [-0.3, -0.25) is 9.69 Å². The highest BCUT2D eigenvalue weighted by molar-refractivity contribution is 5.94. The second kappa shape index (κ2) is 9.35. The Hall–Kier alpha value is -2.48. The van der Waals surface area contributed by atoms with Crippen molar-refractivity contribution in [2.24, 2.45) is 0 Å². The predicted molar refractivity (Wildman–Crippen MR) is 113 cm³/mol. The topological polar surface area (TPSA) is 89.5 Å². The lowest BCUT2D eigenvalue weighted by Gasteiger charge is -2.30. The molecular formula is C22H29N5O2. The number of β-amino-alcohol motifs (C(OH)–C–C–N with tert-alkyl or cyclic N) is 1. The molecular weight excluding hydrogens is 366 g/mol. The molecule has 2 unspecified atom stereocenters. The van der Waals surface area contributed by atoms with Gasteiger partial charge in [0.2, 0.25) is 0 Å². The third-order valence-electron chi connectivity index (χ3n) is 5.61. The zero-order chi connectivity index (χ0) is 20.1. The van der Waals surface area contributed by atoms with Gasteiger partial charge in [0.15, 0.2) is 0 Å². The smallest absolute Gasteiger partial charge is 0.251 e.